The lowest BCUT2D eigenvalue weighted by atomic mass is 10.0. The number of rotatable bonds is 7. The van der Waals surface area contributed by atoms with Crippen molar-refractivity contribution < 1.29 is 37.8 Å². The number of halogens is 2. The van der Waals surface area contributed by atoms with Crippen molar-refractivity contribution in [3.05, 3.63) is 71.3 Å². The summed E-state index contributed by atoms with van der Waals surface area (Å²) in [6.45, 7) is 0.501. The molecule has 2 N–H and O–H groups in total. The van der Waals surface area contributed by atoms with Crippen molar-refractivity contribution in [2.75, 3.05) is 19.7 Å². The van der Waals surface area contributed by atoms with Crippen molar-refractivity contribution >= 4 is 23.7 Å². The van der Waals surface area contributed by atoms with E-state index in [1.165, 1.54) is 34.1 Å². The minimum Gasteiger partial charge on any atom is -0.481 e. The monoisotopic (exact) mass is 501 g/mol. The predicted octanol–water partition coefficient (Wildman–Crippen LogP) is 2.09. The zero-order valence-electron chi connectivity index (χ0n) is 19.2. The van der Waals surface area contributed by atoms with Crippen molar-refractivity contribution in [1.29, 1.82) is 0 Å². The molecule has 2 saturated heterocycles. The molecule has 2 fully saturated rings. The highest BCUT2D eigenvalue weighted by Gasteiger charge is 2.45. The second-order valence-corrected chi connectivity index (χ2v) is 8.62. The molecule has 3 unspecified atom stereocenters. The molecule has 0 spiro atoms. The summed E-state index contributed by atoms with van der Waals surface area (Å²) in [5.74, 6) is -4.08. The van der Waals surface area contributed by atoms with E-state index >= 15 is 0 Å². The zero-order chi connectivity index (χ0) is 25.8. The number of ether oxygens (including phenoxy) is 1. The molecule has 2 aromatic carbocycles. The smallest absolute Gasteiger partial charge is 0.305 e. The van der Waals surface area contributed by atoms with Crippen LogP contribution in [0.3, 0.4) is 0 Å². The van der Waals surface area contributed by atoms with E-state index in [1.807, 2.05) is 0 Å². The molecule has 2 aromatic rings. The SMILES string of the molecule is O=C(O)CC(NC(=O)C1N(C(=O)c2ccc(F)cc2)CCN1C(=O)C1CCCO1)c1ccc(F)cc1. The number of carbonyl (C=O) groups is 4. The van der Waals surface area contributed by atoms with Gasteiger partial charge in [-0.2, -0.15) is 0 Å². The third-order valence-electron chi connectivity index (χ3n) is 6.21. The van der Waals surface area contributed by atoms with Crippen LogP contribution in [0.15, 0.2) is 48.5 Å². The van der Waals surface area contributed by atoms with Crippen LogP contribution in [0.25, 0.3) is 0 Å². The van der Waals surface area contributed by atoms with Gasteiger partial charge in [0.1, 0.15) is 17.7 Å². The fourth-order valence-electron chi connectivity index (χ4n) is 4.44. The largest absolute Gasteiger partial charge is 0.481 e. The van der Waals surface area contributed by atoms with Gasteiger partial charge in [-0.15, -0.1) is 0 Å². The molecule has 2 aliphatic rings. The van der Waals surface area contributed by atoms with Gasteiger partial charge in [0, 0.05) is 25.3 Å². The molecule has 0 aliphatic carbocycles. The Morgan fingerprint density at radius 2 is 1.58 bits per heavy atom. The lowest BCUT2D eigenvalue weighted by Gasteiger charge is -2.31. The van der Waals surface area contributed by atoms with Crippen molar-refractivity contribution in [3.8, 4) is 0 Å². The molecule has 4 rings (SSSR count). The van der Waals surface area contributed by atoms with Gasteiger partial charge in [0.2, 0.25) is 0 Å². The van der Waals surface area contributed by atoms with Crippen molar-refractivity contribution in [1.82, 2.24) is 15.1 Å². The summed E-state index contributed by atoms with van der Waals surface area (Å²) < 4.78 is 32.3. The number of carbonyl (C=O) groups excluding carboxylic acids is 3. The molecule has 36 heavy (non-hydrogen) atoms. The first-order valence-electron chi connectivity index (χ1n) is 11.5. The Kier molecular flexibility index (Phi) is 7.58. The Labute approximate surface area is 205 Å². The van der Waals surface area contributed by atoms with Crippen molar-refractivity contribution in [3.63, 3.8) is 0 Å². The number of carboxylic acid groups (broad SMARTS) is 1. The minimum absolute atomic E-state index is 0.0346. The summed E-state index contributed by atoms with van der Waals surface area (Å²) in [6.07, 6.45) is -1.46. The number of carboxylic acids is 1. The van der Waals surface area contributed by atoms with Crippen LogP contribution in [0.2, 0.25) is 0 Å². The van der Waals surface area contributed by atoms with Crippen LogP contribution in [0.4, 0.5) is 8.78 Å². The van der Waals surface area contributed by atoms with E-state index < -0.39 is 60.1 Å². The van der Waals surface area contributed by atoms with Gasteiger partial charge in [-0.25, -0.2) is 8.78 Å². The quantitative estimate of drug-likeness (QED) is 0.600. The van der Waals surface area contributed by atoms with Crippen LogP contribution in [0.1, 0.15) is 41.2 Å². The molecule has 190 valence electrons. The third kappa shape index (κ3) is 5.51. The average molecular weight is 501 g/mol. The summed E-state index contributed by atoms with van der Waals surface area (Å²) in [6, 6.07) is 8.75. The summed E-state index contributed by atoms with van der Waals surface area (Å²) in [4.78, 5) is 53.9. The van der Waals surface area contributed by atoms with Crippen LogP contribution in [-0.2, 0) is 19.1 Å². The van der Waals surface area contributed by atoms with E-state index in [4.69, 9.17) is 4.74 Å². The number of aliphatic carboxylic acids is 1. The lowest BCUT2D eigenvalue weighted by molar-refractivity contribution is -0.148. The molecule has 3 atom stereocenters. The second kappa shape index (κ2) is 10.8. The van der Waals surface area contributed by atoms with Crippen LogP contribution >= 0.6 is 0 Å². The summed E-state index contributed by atoms with van der Waals surface area (Å²) >= 11 is 0. The maximum absolute atomic E-state index is 13.5. The Morgan fingerprint density at radius 3 is 2.17 bits per heavy atom. The third-order valence-corrected chi connectivity index (χ3v) is 6.21. The first-order chi connectivity index (χ1) is 17.2. The molecular weight excluding hydrogens is 476 g/mol. The minimum atomic E-state index is -1.38. The van der Waals surface area contributed by atoms with Crippen LogP contribution in [0, 0.1) is 11.6 Å². The number of hydrogen-bond acceptors (Lipinski definition) is 5. The van der Waals surface area contributed by atoms with E-state index in [1.54, 1.807) is 0 Å². The molecule has 3 amide bonds. The van der Waals surface area contributed by atoms with E-state index in [0.29, 0.717) is 25.0 Å². The molecular formula is C25H25F2N3O6. The van der Waals surface area contributed by atoms with Crippen LogP contribution in [-0.4, -0.2) is 70.6 Å². The predicted molar refractivity (Wildman–Crippen MR) is 121 cm³/mol. The fraction of sp³-hybridized carbons (Fsp3) is 0.360. The highest BCUT2D eigenvalue weighted by Crippen LogP contribution is 2.25. The van der Waals surface area contributed by atoms with Gasteiger partial charge in [0.15, 0.2) is 6.17 Å². The average Bonchev–Trinajstić information content (AvgIpc) is 3.54. The van der Waals surface area contributed by atoms with Gasteiger partial charge in [-0.1, -0.05) is 12.1 Å². The van der Waals surface area contributed by atoms with Gasteiger partial charge in [-0.05, 0) is 54.8 Å². The van der Waals surface area contributed by atoms with Crippen molar-refractivity contribution in [2.24, 2.45) is 0 Å². The van der Waals surface area contributed by atoms with E-state index in [0.717, 1.165) is 24.3 Å². The number of hydrogen-bond donors (Lipinski definition) is 2. The highest BCUT2D eigenvalue weighted by atomic mass is 19.1. The summed E-state index contributed by atoms with van der Waals surface area (Å²) in [7, 11) is 0. The van der Waals surface area contributed by atoms with Gasteiger partial charge in [-0.3, -0.25) is 19.2 Å². The number of benzene rings is 2. The van der Waals surface area contributed by atoms with Crippen molar-refractivity contribution in [2.45, 2.75) is 37.6 Å². The molecule has 2 heterocycles. The number of nitrogens with zero attached hydrogens (tertiary/aromatic N) is 2. The number of nitrogens with one attached hydrogen (secondary N) is 1. The molecule has 0 radical (unpaired) electrons. The van der Waals surface area contributed by atoms with Gasteiger partial charge in [0.25, 0.3) is 17.7 Å². The van der Waals surface area contributed by atoms with E-state index in [9.17, 15) is 33.1 Å². The molecule has 0 saturated carbocycles. The van der Waals surface area contributed by atoms with Crippen LogP contribution in [0.5, 0.6) is 0 Å². The summed E-state index contributed by atoms with van der Waals surface area (Å²) in [5.41, 5.74) is 0.472. The highest BCUT2D eigenvalue weighted by molar-refractivity contribution is 5.99. The lowest BCUT2D eigenvalue weighted by Crippen LogP contribution is -2.56. The second-order valence-electron chi connectivity index (χ2n) is 8.62. The maximum atomic E-state index is 13.5. The Morgan fingerprint density at radius 1 is 0.972 bits per heavy atom. The van der Waals surface area contributed by atoms with Gasteiger partial charge < -0.3 is 25.0 Å². The summed E-state index contributed by atoms with van der Waals surface area (Å²) in [5, 5.41) is 12.0. The normalized spacial score (nSPS) is 20.3. The van der Waals surface area contributed by atoms with Gasteiger partial charge in [0.05, 0.1) is 12.5 Å². The standard InChI is InChI=1S/C25H25F2N3O6/c26-17-7-3-15(4-8-17)19(14-21(31)32)28-22(33)23-29(24(34)16-5-9-18(27)10-6-16)11-12-30(23)25(35)20-2-1-13-36-20/h3-10,19-20,23H,1-2,11-14H2,(H,28,33)(H,31,32). The fourth-order valence-corrected chi connectivity index (χ4v) is 4.44. The number of amides is 3. The topological polar surface area (TPSA) is 116 Å². The van der Waals surface area contributed by atoms with Gasteiger partial charge >= 0.3 is 5.97 Å². The molecule has 9 nitrogen and oxygen atoms in total. The van der Waals surface area contributed by atoms with Crippen LogP contribution < -0.4 is 5.32 Å². The maximum Gasteiger partial charge on any atom is 0.305 e. The van der Waals surface area contributed by atoms with E-state index in [-0.39, 0.29) is 18.7 Å². The molecule has 2 aliphatic heterocycles. The molecule has 0 aromatic heterocycles. The first-order valence-corrected chi connectivity index (χ1v) is 11.5. The first kappa shape index (κ1) is 25.2. The Bertz CT molecular complexity index is 1140. The zero-order valence-corrected chi connectivity index (χ0v) is 19.2. The molecule has 0 bridgehead atoms. The van der Waals surface area contributed by atoms with E-state index in [2.05, 4.69) is 5.32 Å². The Hall–Kier alpha value is -3.86. The Balaban J connectivity index is 1.63. The molecule has 11 heteroatoms.